The van der Waals surface area contributed by atoms with Crippen LogP contribution in [-0.4, -0.2) is 47.1 Å². The molecular formula is C15H34B3N. The van der Waals surface area contributed by atoms with E-state index in [1.54, 1.807) is 0 Å². The first kappa shape index (κ1) is 17.2. The summed E-state index contributed by atoms with van der Waals surface area (Å²) < 4.78 is 0. The summed E-state index contributed by atoms with van der Waals surface area (Å²) in [5, 5.41) is 0.498. The van der Waals surface area contributed by atoms with Crippen molar-refractivity contribution in [1.82, 2.24) is 4.90 Å². The first-order chi connectivity index (χ1) is 8.85. The topological polar surface area (TPSA) is 3.24 Å². The third-order valence-corrected chi connectivity index (χ3v) is 5.55. The molecule has 4 heteroatoms. The van der Waals surface area contributed by atoms with Crippen LogP contribution in [-0.2, 0) is 0 Å². The van der Waals surface area contributed by atoms with Gasteiger partial charge < -0.3 is 0 Å². The lowest BCUT2D eigenvalue weighted by atomic mass is 9.45. The Balaban J connectivity index is 2.60. The van der Waals surface area contributed by atoms with Crippen LogP contribution in [0.5, 0.6) is 0 Å². The minimum atomic E-state index is 0.449. The van der Waals surface area contributed by atoms with Gasteiger partial charge in [0.1, 0.15) is 23.5 Å². The summed E-state index contributed by atoms with van der Waals surface area (Å²) in [6, 6.07) is 0. The van der Waals surface area contributed by atoms with Crippen molar-refractivity contribution in [2.45, 2.75) is 82.3 Å². The van der Waals surface area contributed by atoms with Crippen LogP contribution >= 0.6 is 0 Å². The average Bonchev–Trinajstić information content (AvgIpc) is 2.61. The Morgan fingerprint density at radius 3 is 2.26 bits per heavy atom. The van der Waals surface area contributed by atoms with Gasteiger partial charge in [0.05, 0.1) is 0 Å². The molecule has 2 atom stereocenters. The fourth-order valence-electron chi connectivity index (χ4n) is 3.61. The minimum absolute atomic E-state index is 0.449. The highest BCUT2D eigenvalue weighted by Crippen LogP contribution is 2.44. The molecule has 0 aromatic rings. The second-order valence-electron chi connectivity index (χ2n) is 7.83. The van der Waals surface area contributed by atoms with Gasteiger partial charge in [-0.15, -0.1) is 0 Å². The van der Waals surface area contributed by atoms with Crippen LogP contribution in [0.15, 0.2) is 0 Å². The van der Waals surface area contributed by atoms with Crippen molar-refractivity contribution in [3.05, 3.63) is 0 Å². The van der Waals surface area contributed by atoms with E-state index < -0.39 is 0 Å². The Kier molecular flexibility index (Phi) is 6.56. The van der Waals surface area contributed by atoms with Gasteiger partial charge >= 0.3 is 0 Å². The van der Waals surface area contributed by atoms with Crippen molar-refractivity contribution in [3.63, 3.8) is 0 Å². The van der Waals surface area contributed by atoms with E-state index in [0.717, 1.165) is 5.82 Å². The quantitative estimate of drug-likeness (QED) is 0.474. The highest BCUT2D eigenvalue weighted by Gasteiger charge is 2.42. The maximum Gasteiger partial charge on any atom is 0.105 e. The Labute approximate surface area is 124 Å². The third kappa shape index (κ3) is 4.58. The highest BCUT2D eigenvalue weighted by molar-refractivity contribution is 6.44. The van der Waals surface area contributed by atoms with Crippen LogP contribution in [0, 0.1) is 0 Å². The molecule has 0 bridgehead atoms. The number of likely N-dealkylation sites (tertiary alicyclic amines) is 1. The molecule has 1 rings (SSSR count). The molecule has 1 aliphatic rings. The third-order valence-electron chi connectivity index (χ3n) is 5.55. The van der Waals surface area contributed by atoms with Crippen molar-refractivity contribution in [1.29, 1.82) is 0 Å². The summed E-state index contributed by atoms with van der Waals surface area (Å²) in [7, 11) is 7.33. The first-order valence-corrected chi connectivity index (χ1v) is 8.61. The predicted octanol–water partition coefficient (Wildman–Crippen LogP) is 1.64. The zero-order chi connectivity index (χ0) is 14.5. The van der Waals surface area contributed by atoms with Gasteiger partial charge in [0.25, 0.3) is 0 Å². The highest BCUT2D eigenvalue weighted by atomic mass is 15.2. The van der Waals surface area contributed by atoms with Gasteiger partial charge in [0.2, 0.25) is 0 Å². The van der Waals surface area contributed by atoms with Crippen molar-refractivity contribution in [3.8, 4) is 0 Å². The second-order valence-corrected chi connectivity index (χ2v) is 7.83. The van der Waals surface area contributed by atoms with Gasteiger partial charge in [-0.1, -0.05) is 57.0 Å². The second kappa shape index (κ2) is 7.25. The Bertz CT molecular complexity index is 270. The monoisotopic (exact) mass is 261 g/mol. The normalized spacial score (nSPS) is 26.4. The molecule has 0 saturated carbocycles. The molecule has 2 unspecified atom stereocenters. The van der Waals surface area contributed by atoms with Crippen LogP contribution in [0.1, 0.15) is 65.7 Å². The van der Waals surface area contributed by atoms with Crippen LogP contribution in [0.25, 0.3) is 0 Å². The summed E-state index contributed by atoms with van der Waals surface area (Å²) in [6.07, 6.45) is 9.65. The van der Waals surface area contributed by atoms with E-state index in [2.05, 4.69) is 49.2 Å². The molecule has 0 N–H and O–H groups in total. The minimum Gasteiger partial charge on any atom is -0.299 e. The average molecular weight is 261 g/mol. The van der Waals surface area contributed by atoms with E-state index in [4.69, 9.17) is 0 Å². The van der Waals surface area contributed by atoms with E-state index in [1.807, 2.05) is 0 Å². The maximum atomic E-state index is 2.81. The van der Waals surface area contributed by atoms with E-state index in [1.165, 1.54) is 58.0 Å². The van der Waals surface area contributed by atoms with Crippen molar-refractivity contribution in [2.75, 3.05) is 13.1 Å². The zero-order valence-corrected chi connectivity index (χ0v) is 14.4. The molecule has 19 heavy (non-hydrogen) atoms. The summed E-state index contributed by atoms with van der Waals surface area (Å²) in [4.78, 5) is 2.81. The van der Waals surface area contributed by atoms with Crippen molar-refractivity contribution < 1.29 is 0 Å². The SMILES string of the molecule is BC1CN(C(C)(CCC)CCCCCC)CC1(B)B. The van der Waals surface area contributed by atoms with Gasteiger partial charge in [0.15, 0.2) is 0 Å². The van der Waals surface area contributed by atoms with Crippen LogP contribution in [0.4, 0.5) is 0 Å². The van der Waals surface area contributed by atoms with E-state index in [9.17, 15) is 0 Å². The van der Waals surface area contributed by atoms with Crippen LogP contribution in [0.3, 0.4) is 0 Å². The Hall–Kier alpha value is 0.155. The summed E-state index contributed by atoms with van der Waals surface area (Å²) in [5.41, 5.74) is 0.449. The van der Waals surface area contributed by atoms with Gasteiger partial charge in [0, 0.05) is 5.54 Å². The molecule has 1 aliphatic heterocycles. The molecule has 0 spiro atoms. The molecule has 108 valence electrons. The molecule has 0 radical (unpaired) electrons. The number of hydrogen-bond acceptors (Lipinski definition) is 1. The predicted molar refractivity (Wildman–Crippen MR) is 95.7 cm³/mol. The van der Waals surface area contributed by atoms with Gasteiger partial charge in [-0.3, -0.25) is 4.90 Å². The summed E-state index contributed by atoms with van der Waals surface area (Å²) >= 11 is 0. The maximum absolute atomic E-state index is 2.81. The summed E-state index contributed by atoms with van der Waals surface area (Å²) in [5.74, 6) is 0.833. The smallest absolute Gasteiger partial charge is 0.105 e. The molecule has 1 nitrogen and oxygen atoms in total. The van der Waals surface area contributed by atoms with Gasteiger partial charge in [-0.2, -0.15) is 0 Å². The van der Waals surface area contributed by atoms with Gasteiger partial charge in [-0.25, -0.2) is 0 Å². The zero-order valence-electron chi connectivity index (χ0n) is 14.4. The molecule has 0 aliphatic carbocycles. The number of hydrogen-bond donors (Lipinski definition) is 0. The fraction of sp³-hybridized carbons (Fsp3) is 1.00. The largest absolute Gasteiger partial charge is 0.299 e. The first-order valence-electron chi connectivity index (χ1n) is 8.61. The summed E-state index contributed by atoms with van der Waals surface area (Å²) in [6.45, 7) is 9.76. The van der Waals surface area contributed by atoms with Crippen molar-refractivity contribution >= 4 is 23.5 Å². The fourth-order valence-corrected chi connectivity index (χ4v) is 3.61. The van der Waals surface area contributed by atoms with Crippen molar-refractivity contribution in [2.24, 2.45) is 0 Å². The molecular weight excluding hydrogens is 227 g/mol. The molecule has 0 aromatic heterocycles. The van der Waals surface area contributed by atoms with Crippen LogP contribution in [0.2, 0.25) is 11.0 Å². The Morgan fingerprint density at radius 1 is 1.11 bits per heavy atom. The van der Waals surface area contributed by atoms with E-state index in [0.29, 0.717) is 10.8 Å². The van der Waals surface area contributed by atoms with Crippen LogP contribution < -0.4 is 0 Å². The molecule has 0 amide bonds. The molecule has 1 fully saturated rings. The lowest BCUT2D eigenvalue weighted by molar-refractivity contribution is 0.109. The van der Waals surface area contributed by atoms with Gasteiger partial charge in [-0.05, 0) is 32.9 Å². The number of unbranched alkanes of at least 4 members (excludes halogenated alkanes) is 3. The lowest BCUT2D eigenvalue weighted by Crippen LogP contribution is -2.45. The van der Waals surface area contributed by atoms with E-state index >= 15 is 0 Å². The number of rotatable bonds is 8. The molecule has 1 saturated heterocycles. The molecule has 1 heterocycles. The Morgan fingerprint density at radius 2 is 1.79 bits per heavy atom. The lowest BCUT2D eigenvalue weighted by Gasteiger charge is -2.40. The standard InChI is InChI=1S/C15H34B3N/c1-4-6-7-8-10-14(3,9-5-2)19-11-13(16)15(17,18)12-19/h13H,4-12,16-18H2,1-3H3. The van der Waals surface area contributed by atoms with E-state index in [-0.39, 0.29) is 0 Å². The molecule has 0 aromatic carbocycles. The number of nitrogens with zero attached hydrogens (tertiary/aromatic N) is 1.